The van der Waals surface area contributed by atoms with Gasteiger partial charge in [0.1, 0.15) is 23.0 Å². The number of hydrogen-bond acceptors (Lipinski definition) is 5. The van der Waals surface area contributed by atoms with Crippen molar-refractivity contribution < 1.29 is 31.8 Å². The highest BCUT2D eigenvalue weighted by Gasteiger charge is 2.60. The number of benzene rings is 2. The van der Waals surface area contributed by atoms with Crippen molar-refractivity contribution >= 4 is 16.1 Å². The summed E-state index contributed by atoms with van der Waals surface area (Å²) in [5.41, 5.74) is -1.54. The number of nitrogens with zero attached hydrogens (tertiary/aromatic N) is 1. The number of halogens is 2. The molecular weight excluding hydrogens is 490 g/mol. The fourth-order valence-electron chi connectivity index (χ4n) is 6.21. The van der Waals surface area contributed by atoms with Gasteiger partial charge in [0.2, 0.25) is 10.0 Å². The zero-order valence-corrected chi connectivity index (χ0v) is 21.0. The average molecular weight is 521 g/mol. The lowest BCUT2D eigenvalue weighted by atomic mass is 9.54. The normalized spacial score (nSPS) is 34.0. The summed E-state index contributed by atoms with van der Waals surface area (Å²) in [6.45, 7) is 3.21. The SMILES string of the molecule is C[C@H]1CC[C@H](c2ccccc2)S(=O)(=O)N1Cc1cc(F)c([C@]2([C@H]3CNC(=O)O3)C[C@](C)(O)C2)cc1F. The Balaban J connectivity index is 1.46. The maximum Gasteiger partial charge on any atom is 0.407 e. The van der Waals surface area contributed by atoms with Gasteiger partial charge in [-0.1, -0.05) is 30.3 Å². The van der Waals surface area contributed by atoms with Gasteiger partial charge in [-0.2, -0.15) is 4.31 Å². The Labute approximate surface area is 209 Å². The second kappa shape index (κ2) is 8.78. The number of aliphatic hydroxyl groups is 1. The largest absolute Gasteiger partial charge is 0.443 e. The van der Waals surface area contributed by atoms with E-state index in [1.54, 1.807) is 38.1 Å². The second-order valence-corrected chi connectivity index (χ2v) is 12.7. The Bertz CT molecular complexity index is 1280. The number of alkyl carbamates (subject to hydrolysis) is 1. The van der Waals surface area contributed by atoms with Gasteiger partial charge in [0.05, 0.1) is 12.1 Å². The number of ether oxygens (including phenoxy) is 1. The molecule has 3 fully saturated rings. The van der Waals surface area contributed by atoms with Crippen molar-refractivity contribution in [3.8, 4) is 0 Å². The number of nitrogens with one attached hydrogen (secondary N) is 1. The number of sulfonamides is 1. The predicted molar refractivity (Wildman–Crippen MR) is 129 cm³/mol. The summed E-state index contributed by atoms with van der Waals surface area (Å²) in [4.78, 5) is 11.7. The van der Waals surface area contributed by atoms with Crippen molar-refractivity contribution in [2.45, 2.75) is 74.5 Å². The molecule has 3 atom stereocenters. The quantitative estimate of drug-likeness (QED) is 0.623. The standard InChI is InChI=1S/C26H30F2N2O5S/c1-16-8-9-22(17-6-4-3-5-7-17)36(33,34)30(16)13-18-10-21(28)19(11-20(18)27)26(14-25(2,32)15-26)23-12-29-24(31)35-23/h3-7,10-11,16,22-23,32H,8-9,12-15H2,1-2H3,(H,29,31)/t16-,22+,23+,25-,26-/m0/s1. The summed E-state index contributed by atoms with van der Waals surface area (Å²) in [5.74, 6) is -1.45. The molecule has 2 aromatic carbocycles. The maximum atomic E-state index is 15.6. The molecule has 0 unspecified atom stereocenters. The molecule has 3 aliphatic rings. The molecule has 194 valence electrons. The summed E-state index contributed by atoms with van der Waals surface area (Å²) in [6.07, 6.45) is -0.132. The Morgan fingerprint density at radius 2 is 1.83 bits per heavy atom. The highest BCUT2D eigenvalue weighted by molar-refractivity contribution is 7.89. The number of carbonyl (C=O) groups excluding carboxylic acids is 1. The van der Waals surface area contributed by atoms with Crippen LogP contribution in [0.5, 0.6) is 0 Å². The molecule has 1 aliphatic carbocycles. The Kier molecular flexibility index (Phi) is 6.12. The van der Waals surface area contributed by atoms with Gasteiger partial charge in [-0.25, -0.2) is 22.0 Å². The highest BCUT2D eigenvalue weighted by atomic mass is 32.2. The molecule has 2 aliphatic heterocycles. The minimum Gasteiger partial charge on any atom is -0.443 e. The maximum absolute atomic E-state index is 15.6. The van der Waals surface area contributed by atoms with E-state index in [0.717, 1.165) is 12.1 Å². The molecule has 2 aromatic rings. The molecule has 0 aromatic heterocycles. The van der Waals surface area contributed by atoms with Crippen LogP contribution >= 0.6 is 0 Å². The Hall–Kier alpha value is -2.56. The first kappa shape index (κ1) is 25.1. The first-order valence-electron chi connectivity index (χ1n) is 12.1. The van der Waals surface area contributed by atoms with E-state index in [0.29, 0.717) is 18.4 Å². The lowest BCUT2D eigenvalue weighted by molar-refractivity contribution is -0.114. The molecule has 10 heteroatoms. The van der Waals surface area contributed by atoms with E-state index in [1.807, 2.05) is 6.07 Å². The van der Waals surface area contributed by atoms with Gasteiger partial charge in [0, 0.05) is 29.1 Å². The van der Waals surface area contributed by atoms with Crippen molar-refractivity contribution in [1.82, 2.24) is 9.62 Å². The van der Waals surface area contributed by atoms with E-state index in [9.17, 15) is 18.3 Å². The Morgan fingerprint density at radius 1 is 1.14 bits per heavy atom. The molecule has 1 saturated carbocycles. The van der Waals surface area contributed by atoms with Crippen LogP contribution in [0, 0.1) is 11.6 Å². The minimum absolute atomic E-state index is 0.0217. The molecule has 0 radical (unpaired) electrons. The average Bonchev–Trinajstić information content (AvgIpc) is 3.23. The summed E-state index contributed by atoms with van der Waals surface area (Å²) in [6, 6.07) is 10.7. The van der Waals surface area contributed by atoms with Gasteiger partial charge in [0.15, 0.2) is 0 Å². The molecule has 0 bridgehead atoms. The predicted octanol–water partition coefficient (Wildman–Crippen LogP) is 3.91. The van der Waals surface area contributed by atoms with Crippen molar-refractivity contribution in [1.29, 1.82) is 0 Å². The smallest absolute Gasteiger partial charge is 0.407 e. The van der Waals surface area contributed by atoms with Crippen molar-refractivity contribution in [2.75, 3.05) is 6.54 Å². The third-order valence-corrected chi connectivity index (χ3v) is 10.3. The molecule has 36 heavy (non-hydrogen) atoms. The second-order valence-electron chi connectivity index (χ2n) is 10.6. The van der Waals surface area contributed by atoms with Crippen LogP contribution in [0.2, 0.25) is 0 Å². The van der Waals surface area contributed by atoms with Gasteiger partial charge < -0.3 is 15.2 Å². The van der Waals surface area contributed by atoms with Gasteiger partial charge in [-0.15, -0.1) is 0 Å². The zero-order valence-electron chi connectivity index (χ0n) is 20.2. The van der Waals surface area contributed by atoms with E-state index in [-0.39, 0.29) is 43.1 Å². The summed E-state index contributed by atoms with van der Waals surface area (Å²) >= 11 is 0. The monoisotopic (exact) mass is 520 g/mol. The number of hydrogen-bond donors (Lipinski definition) is 2. The van der Waals surface area contributed by atoms with Crippen LogP contribution in [0.15, 0.2) is 42.5 Å². The highest BCUT2D eigenvalue weighted by Crippen LogP contribution is 2.54. The van der Waals surface area contributed by atoms with Crippen LogP contribution in [0.25, 0.3) is 0 Å². The number of amides is 1. The molecular formula is C26H30F2N2O5S. The molecule has 5 rings (SSSR count). The van der Waals surface area contributed by atoms with Crippen LogP contribution in [0.1, 0.15) is 61.5 Å². The summed E-state index contributed by atoms with van der Waals surface area (Å²) in [5, 5.41) is 12.2. The van der Waals surface area contributed by atoms with E-state index in [2.05, 4.69) is 5.32 Å². The number of carbonyl (C=O) groups is 1. The van der Waals surface area contributed by atoms with E-state index in [1.165, 1.54) is 4.31 Å². The molecule has 2 heterocycles. The van der Waals surface area contributed by atoms with Gasteiger partial charge in [-0.05, 0) is 57.2 Å². The molecule has 1 amide bonds. The lowest BCUT2D eigenvalue weighted by Crippen LogP contribution is -2.60. The molecule has 2 saturated heterocycles. The van der Waals surface area contributed by atoms with Gasteiger partial charge in [0.25, 0.3) is 0 Å². The van der Waals surface area contributed by atoms with Crippen LogP contribution in [0.4, 0.5) is 13.6 Å². The Morgan fingerprint density at radius 3 is 2.44 bits per heavy atom. The van der Waals surface area contributed by atoms with Crippen LogP contribution < -0.4 is 5.32 Å². The lowest BCUT2D eigenvalue weighted by Gasteiger charge is -2.54. The fourth-order valence-corrected chi connectivity index (χ4v) is 8.39. The van der Waals surface area contributed by atoms with Crippen molar-refractivity contribution in [3.63, 3.8) is 0 Å². The number of rotatable bonds is 5. The third-order valence-electron chi connectivity index (χ3n) is 7.88. The summed E-state index contributed by atoms with van der Waals surface area (Å²) in [7, 11) is -3.82. The van der Waals surface area contributed by atoms with E-state index in [4.69, 9.17) is 4.74 Å². The van der Waals surface area contributed by atoms with Crippen LogP contribution in [-0.2, 0) is 26.7 Å². The van der Waals surface area contributed by atoms with E-state index >= 15 is 8.78 Å². The fraction of sp³-hybridized carbons (Fsp3) is 0.500. The minimum atomic E-state index is -3.82. The zero-order chi connectivity index (χ0) is 25.9. The molecule has 2 N–H and O–H groups in total. The van der Waals surface area contributed by atoms with Crippen molar-refractivity contribution in [2.24, 2.45) is 0 Å². The topological polar surface area (TPSA) is 95.9 Å². The molecule has 7 nitrogen and oxygen atoms in total. The third kappa shape index (κ3) is 4.18. The van der Waals surface area contributed by atoms with Gasteiger partial charge >= 0.3 is 6.09 Å². The first-order valence-corrected chi connectivity index (χ1v) is 13.6. The first-order chi connectivity index (χ1) is 16.9. The summed E-state index contributed by atoms with van der Waals surface area (Å²) < 4.78 is 64.6. The van der Waals surface area contributed by atoms with Crippen LogP contribution in [-0.4, -0.2) is 48.2 Å². The number of cyclic esters (lactones) is 1. The van der Waals surface area contributed by atoms with Gasteiger partial charge in [-0.3, -0.25) is 0 Å². The van der Waals surface area contributed by atoms with Crippen LogP contribution in [0.3, 0.4) is 0 Å². The molecule has 0 spiro atoms. The van der Waals surface area contributed by atoms with E-state index < -0.39 is 50.1 Å². The van der Waals surface area contributed by atoms with Crippen molar-refractivity contribution in [3.05, 3.63) is 70.8 Å².